The maximum absolute atomic E-state index is 5.64. The molecule has 0 spiro atoms. The van der Waals surface area contributed by atoms with E-state index in [0.29, 0.717) is 10.7 Å². The van der Waals surface area contributed by atoms with Crippen molar-refractivity contribution in [2.75, 3.05) is 12.0 Å². The minimum absolute atomic E-state index is 0.201. The van der Waals surface area contributed by atoms with Crippen molar-refractivity contribution in [3.63, 3.8) is 0 Å². The average molecular weight is 297 g/mol. The number of aromatic amines is 1. The van der Waals surface area contributed by atoms with Crippen LogP contribution in [0.25, 0.3) is 11.2 Å². The van der Waals surface area contributed by atoms with Crippen molar-refractivity contribution in [1.82, 2.24) is 30.1 Å². The first kappa shape index (κ1) is 11.7. The maximum atomic E-state index is 5.64. The van der Waals surface area contributed by atoms with Crippen molar-refractivity contribution in [1.29, 1.82) is 0 Å². The Morgan fingerprint density at radius 3 is 2.89 bits per heavy atom. The van der Waals surface area contributed by atoms with Gasteiger partial charge in [-0.3, -0.25) is 0 Å². The van der Waals surface area contributed by atoms with Gasteiger partial charge in [0.15, 0.2) is 14.3 Å². The van der Waals surface area contributed by atoms with Crippen LogP contribution in [0.1, 0.15) is 0 Å². The Labute approximate surface area is 114 Å². The summed E-state index contributed by atoms with van der Waals surface area (Å²) in [4.78, 5) is 15.3. The summed E-state index contributed by atoms with van der Waals surface area (Å²) >= 11 is 4.48. The summed E-state index contributed by atoms with van der Waals surface area (Å²) in [5, 5.41) is 8.82. The van der Waals surface area contributed by atoms with E-state index >= 15 is 0 Å². The van der Waals surface area contributed by atoms with E-state index in [1.54, 1.807) is 18.1 Å². The number of nitrogens with one attached hydrogen (secondary N) is 1. The Morgan fingerprint density at radius 1 is 1.28 bits per heavy atom. The number of aromatic nitrogens is 6. The lowest BCUT2D eigenvalue weighted by atomic mass is 10.5. The molecule has 0 saturated heterocycles. The molecule has 0 radical (unpaired) electrons. The zero-order valence-electron chi connectivity index (χ0n) is 9.12. The van der Waals surface area contributed by atoms with Gasteiger partial charge in [0.2, 0.25) is 5.95 Å². The lowest BCUT2D eigenvalue weighted by Gasteiger charge is -1.99. The highest BCUT2D eigenvalue weighted by Crippen LogP contribution is 2.34. The van der Waals surface area contributed by atoms with E-state index in [-0.39, 0.29) is 5.95 Å². The quantitative estimate of drug-likeness (QED) is 0.555. The van der Waals surface area contributed by atoms with E-state index in [0.717, 1.165) is 14.2 Å². The number of hydrogen-bond donors (Lipinski definition) is 2. The predicted molar refractivity (Wildman–Crippen MR) is 71.9 cm³/mol. The number of nitrogen functional groups attached to an aromatic ring is 1. The molecule has 0 aliphatic heterocycles. The molecule has 0 aromatic carbocycles. The molecule has 3 aromatic heterocycles. The van der Waals surface area contributed by atoms with Crippen LogP contribution in [0.4, 0.5) is 5.95 Å². The van der Waals surface area contributed by atoms with Crippen LogP contribution in [0, 0.1) is 0 Å². The summed E-state index contributed by atoms with van der Waals surface area (Å²) in [5.74, 6) is 0.201. The maximum Gasteiger partial charge on any atom is 0.223 e. The van der Waals surface area contributed by atoms with Crippen LogP contribution in [0.3, 0.4) is 0 Å². The SMILES string of the molecule is CSc1nnc(Sc2nc(N)nc3nc[nH]c23)s1. The molecule has 3 rings (SSSR count). The first-order chi connectivity index (χ1) is 8.76. The third-order valence-corrected chi connectivity index (χ3v) is 4.95. The van der Waals surface area contributed by atoms with Crippen LogP contribution in [0.2, 0.25) is 0 Å². The molecule has 0 aliphatic rings. The number of imidazole rings is 1. The zero-order chi connectivity index (χ0) is 12.5. The summed E-state index contributed by atoms with van der Waals surface area (Å²) in [7, 11) is 0. The molecule has 92 valence electrons. The lowest BCUT2D eigenvalue weighted by Crippen LogP contribution is -1.96. The standard InChI is InChI=1S/C8H7N7S3/c1-16-7-14-15-8(18-7)17-5-3-4(11-2-10-3)12-6(9)13-5/h2H,1H3,(H3,9,10,11,12,13). The topological polar surface area (TPSA) is 106 Å². The van der Waals surface area contributed by atoms with Crippen LogP contribution in [-0.4, -0.2) is 36.4 Å². The highest BCUT2D eigenvalue weighted by atomic mass is 32.2. The smallest absolute Gasteiger partial charge is 0.223 e. The van der Waals surface area contributed by atoms with Crippen LogP contribution in [-0.2, 0) is 0 Å². The van der Waals surface area contributed by atoms with Crippen molar-refractivity contribution in [2.24, 2.45) is 0 Å². The molecule has 18 heavy (non-hydrogen) atoms. The van der Waals surface area contributed by atoms with Crippen LogP contribution in [0.15, 0.2) is 20.0 Å². The highest BCUT2D eigenvalue weighted by molar-refractivity contribution is 8.03. The van der Waals surface area contributed by atoms with Gasteiger partial charge in [-0.15, -0.1) is 10.2 Å². The minimum atomic E-state index is 0.201. The molecule has 10 heteroatoms. The molecular weight excluding hydrogens is 290 g/mol. The number of nitrogens with two attached hydrogens (primary N) is 1. The largest absolute Gasteiger partial charge is 0.368 e. The fraction of sp³-hybridized carbons (Fsp3) is 0.125. The lowest BCUT2D eigenvalue weighted by molar-refractivity contribution is 0.953. The van der Waals surface area contributed by atoms with E-state index in [2.05, 4.69) is 30.1 Å². The zero-order valence-corrected chi connectivity index (χ0v) is 11.6. The molecular formula is C8H7N7S3. The van der Waals surface area contributed by atoms with Gasteiger partial charge < -0.3 is 10.7 Å². The van der Waals surface area contributed by atoms with Gasteiger partial charge in [-0.05, 0) is 18.0 Å². The number of thioether (sulfide) groups is 1. The van der Waals surface area contributed by atoms with E-state index in [1.807, 2.05) is 6.26 Å². The van der Waals surface area contributed by atoms with E-state index in [9.17, 15) is 0 Å². The third kappa shape index (κ3) is 2.13. The normalized spacial score (nSPS) is 11.2. The Morgan fingerprint density at radius 2 is 2.11 bits per heavy atom. The Balaban J connectivity index is 2.00. The van der Waals surface area contributed by atoms with Gasteiger partial charge in [0.25, 0.3) is 0 Å². The second-order valence-corrected chi connectivity index (χ2v) is 6.39. The number of anilines is 1. The second-order valence-electron chi connectivity index (χ2n) is 3.13. The summed E-state index contributed by atoms with van der Waals surface area (Å²) in [6.45, 7) is 0. The Bertz CT molecular complexity index is 691. The molecule has 0 unspecified atom stereocenters. The monoisotopic (exact) mass is 297 g/mol. The molecule has 0 aliphatic carbocycles. The molecule has 0 saturated carbocycles. The Hall–Kier alpha value is -1.39. The van der Waals surface area contributed by atoms with Crippen molar-refractivity contribution in [3.05, 3.63) is 6.33 Å². The number of fused-ring (bicyclic) bond motifs is 1. The van der Waals surface area contributed by atoms with Gasteiger partial charge in [-0.2, -0.15) is 4.98 Å². The van der Waals surface area contributed by atoms with E-state index in [4.69, 9.17) is 5.73 Å². The second kappa shape index (κ2) is 4.71. The van der Waals surface area contributed by atoms with Gasteiger partial charge in [0.1, 0.15) is 10.5 Å². The molecule has 0 bridgehead atoms. The van der Waals surface area contributed by atoms with Crippen molar-refractivity contribution < 1.29 is 0 Å². The molecule has 3 aromatic rings. The fourth-order valence-electron chi connectivity index (χ4n) is 1.30. The van der Waals surface area contributed by atoms with Crippen LogP contribution in [0.5, 0.6) is 0 Å². The van der Waals surface area contributed by atoms with Gasteiger partial charge in [-0.25, -0.2) is 9.97 Å². The summed E-state index contributed by atoms with van der Waals surface area (Å²) in [6.07, 6.45) is 3.53. The molecule has 3 heterocycles. The van der Waals surface area contributed by atoms with Crippen LogP contribution < -0.4 is 5.73 Å². The first-order valence-electron chi connectivity index (χ1n) is 4.78. The number of H-pyrrole nitrogens is 1. The predicted octanol–water partition coefficient (Wildman–Crippen LogP) is 1.66. The minimum Gasteiger partial charge on any atom is -0.368 e. The number of nitrogens with zero attached hydrogens (tertiary/aromatic N) is 5. The van der Waals surface area contributed by atoms with E-state index in [1.165, 1.54) is 23.1 Å². The fourth-order valence-corrected chi connectivity index (χ4v) is 3.74. The molecule has 0 amide bonds. The molecule has 0 fully saturated rings. The summed E-state index contributed by atoms with van der Waals surface area (Å²) in [6, 6.07) is 0. The first-order valence-corrected chi connectivity index (χ1v) is 7.64. The summed E-state index contributed by atoms with van der Waals surface area (Å²) in [5.41, 5.74) is 6.96. The van der Waals surface area contributed by atoms with Crippen LogP contribution >= 0.6 is 34.9 Å². The number of rotatable bonds is 3. The Kier molecular flexibility index (Phi) is 3.06. The highest BCUT2D eigenvalue weighted by Gasteiger charge is 2.12. The van der Waals surface area contributed by atoms with E-state index < -0.39 is 0 Å². The van der Waals surface area contributed by atoms with Crippen molar-refractivity contribution >= 4 is 52.0 Å². The molecule has 3 N–H and O–H groups in total. The van der Waals surface area contributed by atoms with Gasteiger partial charge >= 0.3 is 0 Å². The number of hydrogen-bond acceptors (Lipinski definition) is 9. The van der Waals surface area contributed by atoms with Crippen molar-refractivity contribution in [2.45, 2.75) is 13.7 Å². The van der Waals surface area contributed by atoms with Gasteiger partial charge in [0, 0.05) is 0 Å². The summed E-state index contributed by atoms with van der Waals surface area (Å²) < 4.78 is 1.73. The molecule has 7 nitrogen and oxygen atoms in total. The van der Waals surface area contributed by atoms with Gasteiger partial charge in [0.05, 0.1) is 6.33 Å². The third-order valence-electron chi connectivity index (χ3n) is 2.02. The van der Waals surface area contributed by atoms with Crippen molar-refractivity contribution in [3.8, 4) is 0 Å². The van der Waals surface area contributed by atoms with Gasteiger partial charge in [-0.1, -0.05) is 23.1 Å². The molecule has 0 atom stereocenters. The average Bonchev–Trinajstić information content (AvgIpc) is 2.97.